The summed E-state index contributed by atoms with van der Waals surface area (Å²) >= 11 is 0. The quantitative estimate of drug-likeness (QED) is 0.238. The number of carbonyl (C=O) groups is 1. The first-order valence-corrected chi connectivity index (χ1v) is 12.2. The summed E-state index contributed by atoms with van der Waals surface area (Å²) in [5.74, 6) is -0.214. The van der Waals surface area contributed by atoms with Crippen molar-refractivity contribution in [3.8, 4) is 0 Å². The second-order valence-corrected chi connectivity index (χ2v) is 9.18. The molecule has 1 aliphatic heterocycles. The second-order valence-electron chi connectivity index (χ2n) is 7.57. The Balaban J connectivity index is 1.80. The average Bonchev–Trinajstić information content (AvgIpc) is 2.77. The van der Waals surface area contributed by atoms with Gasteiger partial charge >= 0.3 is 5.97 Å². The first-order valence-electron chi connectivity index (χ1n) is 10.8. The molecule has 1 fully saturated rings. The van der Waals surface area contributed by atoms with Crippen molar-refractivity contribution in [3.05, 3.63) is 29.8 Å². The summed E-state index contributed by atoms with van der Waals surface area (Å²) in [6.07, 6.45) is 4.55. The Morgan fingerprint density at radius 1 is 1.13 bits per heavy atom. The Kier molecular flexibility index (Phi) is 11.5. The van der Waals surface area contributed by atoms with Crippen LogP contribution < -0.4 is 0 Å². The van der Waals surface area contributed by atoms with Gasteiger partial charge in [0.1, 0.15) is 6.10 Å². The lowest BCUT2D eigenvalue weighted by atomic mass is 10.2. The van der Waals surface area contributed by atoms with Crippen LogP contribution in [0, 0.1) is 6.92 Å². The Labute approximate surface area is 185 Å². The zero-order valence-electron chi connectivity index (χ0n) is 18.4. The van der Waals surface area contributed by atoms with E-state index in [9.17, 15) is 13.2 Å². The standard InChI is InChI=1S/C22H34O8S/c1-18-10-12-20(13-11-18)31(24,25)29-17-19(30-22-9-5-7-15-28-22)16-27-14-6-3-4-8-21(23)26-2/h10-13,19,22H,3-9,14-17H2,1-2H3/t19-,22?/m1/s1. The minimum absolute atomic E-state index is 0.109. The second kappa shape index (κ2) is 13.8. The molecule has 176 valence electrons. The van der Waals surface area contributed by atoms with Crippen molar-refractivity contribution < 1.29 is 36.3 Å². The summed E-state index contributed by atoms with van der Waals surface area (Å²) in [4.78, 5) is 11.2. The molecular weight excluding hydrogens is 424 g/mol. The molecule has 8 nitrogen and oxygen atoms in total. The molecular formula is C22H34O8S. The lowest BCUT2D eigenvalue weighted by molar-refractivity contribution is -0.202. The highest BCUT2D eigenvalue weighted by molar-refractivity contribution is 7.86. The average molecular weight is 459 g/mol. The fourth-order valence-electron chi connectivity index (χ4n) is 3.07. The maximum Gasteiger partial charge on any atom is 0.305 e. The zero-order valence-corrected chi connectivity index (χ0v) is 19.2. The molecule has 0 saturated carbocycles. The number of esters is 1. The number of benzene rings is 1. The third-order valence-corrected chi connectivity index (χ3v) is 6.20. The first kappa shape index (κ1) is 25.7. The zero-order chi connectivity index (χ0) is 22.5. The van der Waals surface area contributed by atoms with Crippen LogP contribution in [0.3, 0.4) is 0 Å². The Bertz CT molecular complexity index is 741. The molecule has 2 atom stereocenters. The topological polar surface area (TPSA) is 97.4 Å². The van der Waals surface area contributed by atoms with Crippen LogP contribution in [-0.2, 0) is 38.0 Å². The van der Waals surface area contributed by atoms with Crippen LogP contribution in [0.2, 0.25) is 0 Å². The number of carbonyl (C=O) groups excluding carboxylic acids is 1. The van der Waals surface area contributed by atoms with Crippen LogP contribution in [0.15, 0.2) is 29.2 Å². The van der Waals surface area contributed by atoms with Gasteiger partial charge in [0.25, 0.3) is 10.1 Å². The molecule has 0 amide bonds. The number of methoxy groups -OCH3 is 1. The molecule has 1 aromatic carbocycles. The van der Waals surface area contributed by atoms with Gasteiger partial charge in [-0.1, -0.05) is 24.1 Å². The molecule has 1 aromatic rings. The molecule has 0 spiro atoms. The monoisotopic (exact) mass is 458 g/mol. The number of rotatable bonds is 14. The van der Waals surface area contributed by atoms with E-state index in [1.807, 2.05) is 6.92 Å². The van der Waals surface area contributed by atoms with Crippen molar-refractivity contribution in [1.29, 1.82) is 0 Å². The van der Waals surface area contributed by atoms with Gasteiger partial charge in [0.15, 0.2) is 6.29 Å². The van der Waals surface area contributed by atoms with Crippen molar-refractivity contribution >= 4 is 16.1 Å². The van der Waals surface area contributed by atoms with Crippen molar-refractivity contribution in [1.82, 2.24) is 0 Å². The van der Waals surface area contributed by atoms with Gasteiger partial charge in [-0.3, -0.25) is 8.98 Å². The largest absolute Gasteiger partial charge is 0.469 e. The van der Waals surface area contributed by atoms with Crippen LogP contribution >= 0.6 is 0 Å². The smallest absolute Gasteiger partial charge is 0.305 e. The van der Waals surface area contributed by atoms with Crippen LogP contribution in [0.5, 0.6) is 0 Å². The molecule has 31 heavy (non-hydrogen) atoms. The Morgan fingerprint density at radius 3 is 2.58 bits per heavy atom. The van der Waals surface area contributed by atoms with Gasteiger partial charge in [-0.2, -0.15) is 8.42 Å². The molecule has 0 N–H and O–H groups in total. The molecule has 0 radical (unpaired) electrons. The summed E-state index contributed by atoms with van der Waals surface area (Å²) in [5.41, 5.74) is 0.967. The van der Waals surface area contributed by atoms with Crippen LogP contribution in [0.25, 0.3) is 0 Å². The maximum atomic E-state index is 12.5. The van der Waals surface area contributed by atoms with Crippen molar-refractivity contribution in [2.75, 3.05) is 33.5 Å². The molecule has 1 unspecified atom stereocenters. The third kappa shape index (κ3) is 10.1. The predicted octanol–water partition coefficient (Wildman–Crippen LogP) is 3.36. The van der Waals surface area contributed by atoms with E-state index >= 15 is 0 Å². The predicted molar refractivity (Wildman–Crippen MR) is 114 cm³/mol. The minimum Gasteiger partial charge on any atom is -0.469 e. The number of unbranched alkanes of at least 4 members (excludes halogenated alkanes) is 2. The van der Waals surface area contributed by atoms with Crippen molar-refractivity contribution in [2.24, 2.45) is 0 Å². The summed E-state index contributed by atoms with van der Waals surface area (Å²) in [6.45, 7) is 3.04. The summed E-state index contributed by atoms with van der Waals surface area (Å²) in [5, 5.41) is 0. The molecule has 0 aromatic heterocycles. The van der Waals surface area contributed by atoms with Gasteiger partial charge in [-0.15, -0.1) is 0 Å². The van der Waals surface area contributed by atoms with Crippen LogP contribution in [-0.4, -0.2) is 60.3 Å². The van der Waals surface area contributed by atoms with E-state index in [4.69, 9.17) is 18.4 Å². The van der Waals surface area contributed by atoms with Gasteiger partial charge in [0.05, 0.1) is 25.2 Å². The first-order chi connectivity index (χ1) is 14.9. The Hall–Kier alpha value is -1.52. The van der Waals surface area contributed by atoms with E-state index in [0.717, 1.165) is 44.1 Å². The maximum absolute atomic E-state index is 12.5. The van der Waals surface area contributed by atoms with E-state index in [1.165, 1.54) is 19.2 Å². The number of ether oxygens (including phenoxy) is 4. The lowest BCUT2D eigenvalue weighted by Crippen LogP contribution is -2.34. The number of aryl methyl sites for hydroxylation is 1. The lowest BCUT2D eigenvalue weighted by Gasteiger charge is -2.27. The normalized spacial score (nSPS) is 17.9. The highest BCUT2D eigenvalue weighted by Gasteiger charge is 2.23. The van der Waals surface area contributed by atoms with E-state index in [0.29, 0.717) is 19.6 Å². The third-order valence-electron chi connectivity index (χ3n) is 4.90. The summed E-state index contributed by atoms with van der Waals surface area (Å²) in [7, 11) is -2.51. The van der Waals surface area contributed by atoms with E-state index in [2.05, 4.69) is 4.74 Å². The molecule has 1 heterocycles. The molecule has 1 aliphatic rings. The SMILES string of the molecule is COC(=O)CCCCCOC[C@H](COS(=O)(=O)c1ccc(C)cc1)OC1CCCCO1. The van der Waals surface area contributed by atoms with Gasteiger partial charge < -0.3 is 18.9 Å². The van der Waals surface area contributed by atoms with Gasteiger partial charge in [0, 0.05) is 19.6 Å². The van der Waals surface area contributed by atoms with Crippen molar-refractivity contribution in [3.63, 3.8) is 0 Å². The fourth-order valence-corrected chi connectivity index (χ4v) is 4.00. The minimum atomic E-state index is -3.89. The summed E-state index contributed by atoms with van der Waals surface area (Å²) < 4.78 is 52.0. The molecule has 0 aliphatic carbocycles. The highest BCUT2D eigenvalue weighted by atomic mass is 32.2. The molecule has 9 heteroatoms. The molecule has 1 saturated heterocycles. The number of hydrogen-bond donors (Lipinski definition) is 0. The van der Waals surface area contributed by atoms with E-state index < -0.39 is 16.2 Å². The van der Waals surface area contributed by atoms with Crippen LogP contribution in [0.1, 0.15) is 50.5 Å². The van der Waals surface area contributed by atoms with Crippen molar-refractivity contribution in [2.45, 2.75) is 69.2 Å². The molecule has 2 rings (SSSR count). The highest BCUT2D eigenvalue weighted by Crippen LogP contribution is 2.18. The van der Waals surface area contributed by atoms with Gasteiger partial charge in [-0.25, -0.2) is 0 Å². The molecule has 0 bridgehead atoms. The summed E-state index contributed by atoms with van der Waals surface area (Å²) in [6, 6.07) is 6.50. The van der Waals surface area contributed by atoms with Crippen LogP contribution in [0.4, 0.5) is 0 Å². The van der Waals surface area contributed by atoms with E-state index in [-0.39, 0.29) is 30.4 Å². The number of hydrogen-bond acceptors (Lipinski definition) is 8. The van der Waals surface area contributed by atoms with Gasteiger partial charge in [-0.05, 0) is 51.2 Å². The Morgan fingerprint density at radius 2 is 1.90 bits per heavy atom. The van der Waals surface area contributed by atoms with Gasteiger partial charge in [0.2, 0.25) is 0 Å². The van der Waals surface area contributed by atoms with E-state index in [1.54, 1.807) is 12.1 Å². The fraction of sp³-hybridized carbons (Fsp3) is 0.682.